The number of fused-ring (bicyclic) bond motifs is 2. The maximum Gasteiger partial charge on any atom is 0.251 e. The first-order valence-corrected chi connectivity index (χ1v) is 10.9. The summed E-state index contributed by atoms with van der Waals surface area (Å²) >= 11 is 0. The molecule has 6 nitrogen and oxygen atoms in total. The Morgan fingerprint density at radius 1 is 1.06 bits per heavy atom. The van der Waals surface area contributed by atoms with Crippen LogP contribution in [0, 0.1) is 5.82 Å². The number of nitrogens with zero attached hydrogens (tertiary/aromatic N) is 4. The number of pyridine rings is 1. The predicted octanol–water partition coefficient (Wildman–Crippen LogP) is 4.97. The van der Waals surface area contributed by atoms with Gasteiger partial charge in [0, 0.05) is 41.6 Å². The van der Waals surface area contributed by atoms with E-state index >= 15 is 0 Å². The number of benzene rings is 2. The summed E-state index contributed by atoms with van der Waals surface area (Å²) in [5, 5.41) is 3.89. The molecule has 7 heteroatoms. The number of carbonyl (C=O) groups excluding carboxylic acids is 1. The Morgan fingerprint density at radius 2 is 1.91 bits per heavy atom. The fourth-order valence-electron chi connectivity index (χ4n) is 3.85. The molecule has 5 rings (SSSR count). The van der Waals surface area contributed by atoms with Crippen LogP contribution < -0.4 is 5.32 Å². The lowest BCUT2D eigenvalue weighted by Gasteiger charge is -2.11. The Morgan fingerprint density at radius 3 is 2.73 bits per heavy atom. The van der Waals surface area contributed by atoms with E-state index in [-0.39, 0.29) is 11.7 Å². The van der Waals surface area contributed by atoms with Gasteiger partial charge in [-0.2, -0.15) is 0 Å². The smallest absolute Gasteiger partial charge is 0.251 e. The van der Waals surface area contributed by atoms with Gasteiger partial charge in [-0.3, -0.25) is 4.79 Å². The molecule has 0 fully saturated rings. The number of rotatable bonds is 6. The SMILES string of the molecule is CCCc1nc(-c2ccc(F)cc2)nc2cc(C(=O)NCc3ccc4nccn4c3)ccc12. The average molecular weight is 439 g/mol. The minimum absolute atomic E-state index is 0.179. The van der Waals surface area contributed by atoms with Crippen molar-refractivity contribution in [1.82, 2.24) is 24.7 Å². The number of amides is 1. The van der Waals surface area contributed by atoms with Gasteiger partial charge in [0.15, 0.2) is 5.82 Å². The summed E-state index contributed by atoms with van der Waals surface area (Å²) in [5.41, 5.74) is 4.71. The molecule has 0 atom stereocenters. The summed E-state index contributed by atoms with van der Waals surface area (Å²) in [5.74, 6) is 0.0400. The Balaban J connectivity index is 1.44. The van der Waals surface area contributed by atoms with Crippen molar-refractivity contribution in [1.29, 1.82) is 0 Å². The van der Waals surface area contributed by atoms with E-state index in [1.165, 1.54) is 12.1 Å². The van der Waals surface area contributed by atoms with Crippen molar-refractivity contribution >= 4 is 22.5 Å². The molecule has 1 N–H and O–H groups in total. The number of halogens is 1. The summed E-state index contributed by atoms with van der Waals surface area (Å²) < 4.78 is 15.3. The molecule has 1 amide bonds. The van der Waals surface area contributed by atoms with E-state index in [9.17, 15) is 9.18 Å². The van der Waals surface area contributed by atoms with E-state index in [4.69, 9.17) is 4.98 Å². The van der Waals surface area contributed by atoms with Crippen molar-refractivity contribution in [2.24, 2.45) is 0 Å². The van der Waals surface area contributed by atoms with Crippen molar-refractivity contribution < 1.29 is 9.18 Å². The molecule has 0 bridgehead atoms. The van der Waals surface area contributed by atoms with Crippen LogP contribution in [0.4, 0.5) is 4.39 Å². The molecule has 3 heterocycles. The van der Waals surface area contributed by atoms with Gasteiger partial charge in [-0.1, -0.05) is 25.5 Å². The van der Waals surface area contributed by atoms with Gasteiger partial charge in [0.1, 0.15) is 11.5 Å². The van der Waals surface area contributed by atoms with Crippen LogP contribution in [0.25, 0.3) is 27.9 Å². The molecule has 0 aliphatic heterocycles. The van der Waals surface area contributed by atoms with Gasteiger partial charge in [0.25, 0.3) is 5.91 Å². The largest absolute Gasteiger partial charge is 0.348 e. The zero-order valence-corrected chi connectivity index (χ0v) is 18.1. The van der Waals surface area contributed by atoms with Crippen molar-refractivity contribution in [2.45, 2.75) is 26.3 Å². The van der Waals surface area contributed by atoms with Crippen LogP contribution in [0.1, 0.15) is 35.0 Å². The second-order valence-electron chi connectivity index (χ2n) is 7.90. The van der Waals surface area contributed by atoms with Gasteiger partial charge in [-0.05, 0) is 54.4 Å². The van der Waals surface area contributed by atoms with Crippen LogP contribution in [0.3, 0.4) is 0 Å². The van der Waals surface area contributed by atoms with Crippen LogP contribution in [-0.2, 0) is 13.0 Å². The van der Waals surface area contributed by atoms with Gasteiger partial charge < -0.3 is 9.72 Å². The van der Waals surface area contributed by atoms with Crippen LogP contribution in [0.15, 0.2) is 73.2 Å². The lowest BCUT2D eigenvalue weighted by Crippen LogP contribution is -2.23. The maximum absolute atomic E-state index is 13.4. The molecule has 0 unspecified atom stereocenters. The molecule has 3 aromatic heterocycles. The molecule has 0 saturated heterocycles. The Kier molecular flexibility index (Phi) is 5.52. The molecule has 2 aromatic carbocycles. The zero-order valence-electron chi connectivity index (χ0n) is 18.1. The Labute approximate surface area is 190 Å². The molecule has 164 valence electrons. The number of hydrogen-bond acceptors (Lipinski definition) is 4. The quantitative estimate of drug-likeness (QED) is 0.406. The molecule has 0 saturated carbocycles. The third-order valence-electron chi connectivity index (χ3n) is 5.53. The van der Waals surface area contributed by atoms with Crippen molar-refractivity contribution in [3.8, 4) is 11.4 Å². The van der Waals surface area contributed by atoms with Crippen LogP contribution in [-0.4, -0.2) is 25.3 Å². The van der Waals surface area contributed by atoms with Crippen LogP contribution >= 0.6 is 0 Å². The summed E-state index contributed by atoms with van der Waals surface area (Å²) in [4.78, 5) is 26.5. The van der Waals surface area contributed by atoms with Gasteiger partial charge in [0.05, 0.1) is 11.2 Å². The second kappa shape index (κ2) is 8.78. The van der Waals surface area contributed by atoms with E-state index in [1.54, 1.807) is 30.5 Å². The molecule has 33 heavy (non-hydrogen) atoms. The summed E-state index contributed by atoms with van der Waals surface area (Å²) in [7, 11) is 0. The first-order valence-electron chi connectivity index (χ1n) is 10.9. The van der Waals surface area contributed by atoms with Gasteiger partial charge >= 0.3 is 0 Å². The lowest BCUT2D eigenvalue weighted by molar-refractivity contribution is 0.0951. The highest BCUT2D eigenvalue weighted by molar-refractivity contribution is 5.98. The number of imidazole rings is 1. The highest BCUT2D eigenvalue weighted by atomic mass is 19.1. The third-order valence-corrected chi connectivity index (χ3v) is 5.53. The number of aromatic nitrogens is 4. The number of aryl methyl sites for hydroxylation is 1. The molecular weight excluding hydrogens is 417 g/mol. The van der Waals surface area contributed by atoms with Crippen molar-refractivity contribution in [3.05, 3.63) is 95.8 Å². The van der Waals surface area contributed by atoms with Crippen LogP contribution in [0.5, 0.6) is 0 Å². The summed E-state index contributed by atoms with van der Waals surface area (Å²) in [6, 6.07) is 15.5. The normalized spacial score (nSPS) is 11.2. The Hall–Kier alpha value is -4.13. The van der Waals surface area contributed by atoms with E-state index in [1.807, 2.05) is 35.0 Å². The highest BCUT2D eigenvalue weighted by Gasteiger charge is 2.13. The first-order chi connectivity index (χ1) is 16.1. The number of carbonyl (C=O) groups is 1. The number of hydrogen-bond donors (Lipinski definition) is 1. The van der Waals surface area contributed by atoms with Gasteiger partial charge in [0.2, 0.25) is 0 Å². The van der Waals surface area contributed by atoms with Gasteiger partial charge in [-0.25, -0.2) is 19.3 Å². The molecule has 5 aromatic rings. The topological polar surface area (TPSA) is 72.2 Å². The summed E-state index contributed by atoms with van der Waals surface area (Å²) in [6.45, 7) is 2.49. The molecule has 0 aliphatic rings. The third kappa shape index (κ3) is 4.30. The lowest BCUT2D eigenvalue weighted by atomic mass is 10.1. The zero-order chi connectivity index (χ0) is 22.8. The van der Waals surface area contributed by atoms with E-state index in [0.29, 0.717) is 23.4 Å². The fraction of sp³-hybridized carbons (Fsp3) is 0.154. The fourth-order valence-corrected chi connectivity index (χ4v) is 3.85. The standard InChI is InChI=1S/C26H22FN5O/c1-2-3-22-21-10-7-19(14-23(21)31-25(30-22)18-5-8-20(27)9-6-18)26(33)29-15-17-4-11-24-28-12-13-32(24)16-17/h4-14,16H,2-3,15H2,1H3,(H,29,33). The predicted molar refractivity (Wildman–Crippen MR) is 125 cm³/mol. The van der Waals surface area contributed by atoms with Crippen molar-refractivity contribution in [3.63, 3.8) is 0 Å². The van der Waals surface area contributed by atoms with Crippen molar-refractivity contribution in [2.75, 3.05) is 0 Å². The summed E-state index contributed by atoms with van der Waals surface area (Å²) in [6.07, 6.45) is 7.27. The van der Waals surface area contributed by atoms with Gasteiger partial charge in [-0.15, -0.1) is 0 Å². The van der Waals surface area contributed by atoms with Crippen LogP contribution in [0.2, 0.25) is 0 Å². The Bertz CT molecular complexity index is 1460. The second-order valence-corrected chi connectivity index (χ2v) is 7.90. The minimum atomic E-state index is -0.306. The highest BCUT2D eigenvalue weighted by Crippen LogP contribution is 2.24. The monoisotopic (exact) mass is 439 g/mol. The number of nitrogens with one attached hydrogen (secondary N) is 1. The first kappa shape index (κ1) is 20.8. The van der Waals surface area contributed by atoms with E-state index < -0.39 is 0 Å². The molecular formula is C26H22FN5O. The molecule has 0 radical (unpaired) electrons. The minimum Gasteiger partial charge on any atom is -0.348 e. The maximum atomic E-state index is 13.4. The molecule has 0 aliphatic carbocycles. The van der Waals surface area contributed by atoms with E-state index in [0.717, 1.165) is 40.7 Å². The molecule has 0 spiro atoms. The van der Waals surface area contributed by atoms with E-state index in [2.05, 4.69) is 22.2 Å². The average Bonchev–Trinajstić information content (AvgIpc) is 3.30.